The highest BCUT2D eigenvalue weighted by molar-refractivity contribution is 5.97. The van der Waals surface area contributed by atoms with Crippen LogP contribution in [0.5, 0.6) is 0 Å². The number of carbonyl (C=O) groups excluding carboxylic acids is 1. The van der Waals surface area contributed by atoms with Crippen LogP contribution in [0.4, 0.5) is 0 Å². The molecule has 2 rings (SSSR count). The number of amides is 1. The molecule has 102 valence electrons. The van der Waals surface area contributed by atoms with Gasteiger partial charge in [0.1, 0.15) is 6.04 Å². The number of nitrogens with one attached hydrogen (secondary N) is 1. The summed E-state index contributed by atoms with van der Waals surface area (Å²) in [5.74, 6) is 0.746. The van der Waals surface area contributed by atoms with Crippen molar-refractivity contribution in [1.82, 2.24) is 10.2 Å². The number of aliphatic imine (C=N–C) groups is 1. The Morgan fingerprint density at radius 2 is 2.06 bits per heavy atom. The van der Waals surface area contributed by atoms with E-state index in [0.29, 0.717) is 5.90 Å². The first-order valence-electron chi connectivity index (χ1n) is 6.72. The number of likely N-dealkylation sites (tertiary alicyclic amines) is 1. The summed E-state index contributed by atoms with van der Waals surface area (Å²) in [5.41, 5.74) is -0.783. The van der Waals surface area contributed by atoms with E-state index in [1.54, 1.807) is 7.11 Å². The lowest BCUT2D eigenvalue weighted by atomic mass is 9.91. The maximum Gasteiger partial charge on any atom is 0.264 e. The monoisotopic (exact) mass is 253 g/mol. The fourth-order valence-electron chi connectivity index (χ4n) is 2.93. The second-order valence-corrected chi connectivity index (χ2v) is 5.42. The molecule has 5 heteroatoms. The average Bonchev–Trinajstić information content (AvgIpc) is 2.83. The SMILES string of the molecule is COC1=N[C@](C(C)C)(N2CCCC2)C(=O)N[C@@H]1C. The quantitative estimate of drug-likeness (QED) is 0.798. The van der Waals surface area contributed by atoms with Crippen LogP contribution in [0.2, 0.25) is 0 Å². The molecule has 0 spiro atoms. The number of hydrogen-bond donors (Lipinski definition) is 1. The molecular weight excluding hydrogens is 230 g/mol. The number of carbonyl (C=O) groups is 1. The van der Waals surface area contributed by atoms with Gasteiger partial charge in [0.2, 0.25) is 5.90 Å². The van der Waals surface area contributed by atoms with Crippen molar-refractivity contribution < 1.29 is 9.53 Å². The summed E-state index contributed by atoms with van der Waals surface area (Å²) in [4.78, 5) is 19.4. The number of ether oxygens (including phenoxy) is 1. The van der Waals surface area contributed by atoms with Gasteiger partial charge in [-0.05, 0) is 19.8 Å². The van der Waals surface area contributed by atoms with Gasteiger partial charge in [0, 0.05) is 19.0 Å². The van der Waals surface area contributed by atoms with Crippen molar-refractivity contribution in [3.63, 3.8) is 0 Å². The van der Waals surface area contributed by atoms with Crippen LogP contribution in [-0.4, -0.2) is 48.6 Å². The number of nitrogens with zero attached hydrogens (tertiary/aromatic N) is 2. The molecule has 0 saturated carbocycles. The molecule has 0 aliphatic carbocycles. The predicted octanol–water partition coefficient (Wildman–Crippen LogP) is 0.998. The van der Waals surface area contributed by atoms with Crippen molar-refractivity contribution in [1.29, 1.82) is 0 Å². The van der Waals surface area contributed by atoms with Crippen molar-refractivity contribution >= 4 is 11.8 Å². The van der Waals surface area contributed by atoms with E-state index >= 15 is 0 Å². The molecule has 0 aromatic carbocycles. The van der Waals surface area contributed by atoms with E-state index in [4.69, 9.17) is 4.74 Å². The minimum atomic E-state index is -0.783. The fraction of sp³-hybridized carbons (Fsp3) is 0.846. The highest BCUT2D eigenvalue weighted by Crippen LogP contribution is 2.33. The second kappa shape index (κ2) is 4.88. The van der Waals surface area contributed by atoms with Crippen molar-refractivity contribution in [2.24, 2.45) is 10.9 Å². The van der Waals surface area contributed by atoms with Gasteiger partial charge in [0.25, 0.3) is 5.91 Å². The van der Waals surface area contributed by atoms with Gasteiger partial charge < -0.3 is 10.1 Å². The van der Waals surface area contributed by atoms with E-state index in [-0.39, 0.29) is 17.9 Å². The Hall–Kier alpha value is -1.10. The fourth-order valence-corrected chi connectivity index (χ4v) is 2.93. The standard InChI is InChI=1S/C13H23N3O2/c1-9(2)13(16-7-5-6-8-16)12(17)14-10(3)11(15-13)18-4/h9-10H,5-8H2,1-4H3,(H,14,17)/t10-,13-/m1/s1. The van der Waals surface area contributed by atoms with Crippen LogP contribution in [-0.2, 0) is 9.53 Å². The summed E-state index contributed by atoms with van der Waals surface area (Å²) in [5, 5.41) is 2.99. The van der Waals surface area contributed by atoms with E-state index < -0.39 is 5.66 Å². The van der Waals surface area contributed by atoms with Gasteiger partial charge >= 0.3 is 0 Å². The zero-order valence-electron chi connectivity index (χ0n) is 11.7. The summed E-state index contributed by atoms with van der Waals surface area (Å²) in [6, 6.07) is -0.142. The second-order valence-electron chi connectivity index (χ2n) is 5.42. The normalized spacial score (nSPS) is 33.5. The Kier molecular flexibility index (Phi) is 3.61. The Morgan fingerprint density at radius 3 is 2.56 bits per heavy atom. The Bertz CT molecular complexity index is 361. The number of rotatable bonds is 2. The van der Waals surface area contributed by atoms with Crippen molar-refractivity contribution in [2.75, 3.05) is 20.2 Å². The first-order chi connectivity index (χ1) is 8.52. The molecular formula is C13H23N3O2. The molecule has 0 bridgehead atoms. The molecule has 0 radical (unpaired) electrons. The Labute approximate surface area is 109 Å². The van der Waals surface area contributed by atoms with Crippen molar-refractivity contribution in [2.45, 2.75) is 45.3 Å². The van der Waals surface area contributed by atoms with Gasteiger partial charge in [-0.1, -0.05) is 13.8 Å². The molecule has 2 atom stereocenters. The minimum Gasteiger partial charge on any atom is -0.483 e. The van der Waals surface area contributed by atoms with Gasteiger partial charge in [-0.15, -0.1) is 0 Å². The molecule has 1 amide bonds. The van der Waals surface area contributed by atoms with Crippen LogP contribution in [0.25, 0.3) is 0 Å². The smallest absolute Gasteiger partial charge is 0.264 e. The Morgan fingerprint density at radius 1 is 1.44 bits per heavy atom. The largest absolute Gasteiger partial charge is 0.483 e. The third-order valence-electron chi connectivity index (χ3n) is 3.94. The highest BCUT2D eigenvalue weighted by Gasteiger charge is 2.51. The summed E-state index contributed by atoms with van der Waals surface area (Å²) < 4.78 is 5.33. The van der Waals surface area contributed by atoms with E-state index in [1.165, 1.54) is 0 Å². The lowest BCUT2D eigenvalue weighted by molar-refractivity contribution is -0.137. The van der Waals surface area contributed by atoms with Crippen molar-refractivity contribution in [3.8, 4) is 0 Å². The summed E-state index contributed by atoms with van der Waals surface area (Å²) in [6.45, 7) is 7.85. The summed E-state index contributed by atoms with van der Waals surface area (Å²) in [6.07, 6.45) is 2.27. The lowest BCUT2D eigenvalue weighted by Crippen LogP contribution is -2.65. The maximum absolute atomic E-state index is 12.5. The molecule has 2 aliphatic rings. The average molecular weight is 253 g/mol. The molecule has 1 saturated heterocycles. The van der Waals surface area contributed by atoms with Gasteiger partial charge in [0.05, 0.1) is 7.11 Å². The number of methoxy groups -OCH3 is 1. The number of hydrogen-bond acceptors (Lipinski definition) is 4. The Balaban J connectivity index is 2.44. The van der Waals surface area contributed by atoms with Crippen LogP contribution in [0.3, 0.4) is 0 Å². The van der Waals surface area contributed by atoms with E-state index in [1.807, 2.05) is 20.8 Å². The van der Waals surface area contributed by atoms with Crippen molar-refractivity contribution in [3.05, 3.63) is 0 Å². The van der Waals surface area contributed by atoms with Crippen LogP contribution < -0.4 is 5.32 Å². The first-order valence-corrected chi connectivity index (χ1v) is 6.72. The molecule has 1 fully saturated rings. The molecule has 5 nitrogen and oxygen atoms in total. The zero-order valence-corrected chi connectivity index (χ0v) is 11.7. The maximum atomic E-state index is 12.5. The molecule has 1 N–H and O–H groups in total. The summed E-state index contributed by atoms with van der Waals surface area (Å²) >= 11 is 0. The molecule has 2 heterocycles. The zero-order chi connectivity index (χ0) is 13.3. The minimum absolute atomic E-state index is 0.00713. The predicted molar refractivity (Wildman–Crippen MR) is 70.4 cm³/mol. The lowest BCUT2D eigenvalue weighted by Gasteiger charge is -2.43. The molecule has 2 aliphatic heterocycles. The van der Waals surface area contributed by atoms with Crippen LogP contribution in [0, 0.1) is 5.92 Å². The third-order valence-corrected chi connectivity index (χ3v) is 3.94. The molecule has 0 aromatic rings. The van der Waals surface area contributed by atoms with Gasteiger partial charge in [-0.25, -0.2) is 4.99 Å². The van der Waals surface area contributed by atoms with Gasteiger partial charge in [-0.2, -0.15) is 0 Å². The van der Waals surface area contributed by atoms with Crippen LogP contribution >= 0.6 is 0 Å². The molecule has 0 aromatic heterocycles. The summed E-state index contributed by atoms with van der Waals surface area (Å²) in [7, 11) is 1.61. The molecule has 0 unspecified atom stereocenters. The topological polar surface area (TPSA) is 53.9 Å². The van der Waals surface area contributed by atoms with E-state index in [2.05, 4.69) is 15.2 Å². The molecule has 18 heavy (non-hydrogen) atoms. The highest BCUT2D eigenvalue weighted by atomic mass is 16.5. The van der Waals surface area contributed by atoms with E-state index in [9.17, 15) is 4.79 Å². The third kappa shape index (κ3) is 1.90. The van der Waals surface area contributed by atoms with Crippen LogP contribution in [0.15, 0.2) is 4.99 Å². The van der Waals surface area contributed by atoms with Crippen LogP contribution in [0.1, 0.15) is 33.6 Å². The van der Waals surface area contributed by atoms with E-state index in [0.717, 1.165) is 25.9 Å². The van der Waals surface area contributed by atoms with Gasteiger partial charge in [-0.3, -0.25) is 9.69 Å². The first kappa shape index (κ1) is 13.3. The van der Waals surface area contributed by atoms with Gasteiger partial charge in [0.15, 0.2) is 5.66 Å².